The third kappa shape index (κ3) is 6.91. The highest BCUT2D eigenvalue weighted by molar-refractivity contribution is 8.01. The van der Waals surface area contributed by atoms with Gasteiger partial charge in [0.1, 0.15) is 11.8 Å². The Morgan fingerprint density at radius 1 is 1.09 bits per heavy atom. The zero-order valence-electron chi connectivity index (χ0n) is 17.7. The number of carbonyl (C=O) groups is 3. The van der Waals surface area contributed by atoms with Gasteiger partial charge in [0.2, 0.25) is 11.8 Å². The number of nitrogens with zero attached hydrogens (tertiary/aromatic N) is 1. The van der Waals surface area contributed by atoms with Gasteiger partial charge in [0.15, 0.2) is 10.4 Å². The number of hydrogen-bond donors (Lipinski definition) is 4. The van der Waals surface area contributed by atoms with Crippen molar-refractivity contribution in [1.29, 1.82) is 0 Å². The van der Waals surface area contributed by atoms with Crippen LogP contribution in [0.25, 0.3) is 10.2 Å². The zero-order chi connectivity index (χ0) is 23.8. The smallest absolute Gasteiger partial charge is 0.330 e. The predicted molar refractivity (Wildman–Crippen MR) is 125 cm³/mol. The lowest BCUT2D eigenvalue weighted by atomic mass is 10.0. The monoisotopic (exact) mass is 489 g/mol. The van der Waals surface area contributed by atoms with Gasteiger partial charge in [-0.05, 0) is 29.8 Å². The zero-order valence-corrected chi connectivity index (χ0v) is 19.3. The van der Waals surface area contributed by atoms with E-state index in [-0.39, 0.29) is 17.9 Å². The van der Waals surface area contributed by atoms with Crippen molar-refractivity contribution in [1.82, 2.24) is 15.6 Å². The molecule has 0 fully saturated rings. The summed E-state index contributed by atoms with van der Waals surface area (Å²) in [7, 11) is 1.14. The molecule has 33 heavy (non-hydrogen) atoms. The highest BCUT2D eigenvalue weighted by atomic mass is 32.2. The fraction of sp³-hybridized carbons (Fsp3) is 0.273. The Morgan fingerprint density at radius 2 is 1.82 bits per heavy atom. The van der Waals surface area contributed by atoms with E-state index < -0.39 is 36.5 Å². The van der Waals surface area contributed by atoms with Crippen LogP contribution in [0.5, 0.6) is 5.75 Å². The summed E-state index contributed by atoms with van der Waals surface area (Å²) in [6.45, 7) is -0.647. The number of aromatic hydroxyl groups is 1. The molecule has 3 rings (SSSR count). The third-order valence-electron chi connectivity index (χ3n) is 4.61. The Hall–Kier alpha value is -3.15. The normalized spacial score (nSPS) is 12.7. The third-order valence-corrected chi connectivity index (χ3v) is 6.79. The molecule has 11 heteroatoms. The van der Waals surface area contributed by atoms with Crippen LogP contribution in [0, 0.1) is 0 Å². The lowest BCUT2D eigenvalue weighted by molar-refractivity contribution is -0.146. The van der Waals surface area contributed by atoms with Crippen LogP contribution in [0.3, 0.4) is 0 Å². The number of benzene rings is 2. The van der Waals surface area contributed by atoms with Crippen molar-refractivity contribution >= 4 is 51.1 Å². The number of aromatic nitrogens is 1. The molecule has 2 amide bonds. The lowest BCUT2D eigenvalue weighted by Crippen LogP contribution is -2.54. The van der Waals surface area contributed by atoms with Gasteiger partial charge in [-0.15, -0.1) is 11.3 Å². The molecule has 9 nitrogen and oxygen atoms in total. The van der Waals surface area contributed by atoms with E-state index in [1.54, 1.807) is 12.1 Å². The number of aliphatic hydroxyl groups is 1. The molecule has 3 aromatic rings. The first-order valence-electron chi connectivity index (χ1n) is 9.94. The van der Waals surface area contributed by atoms with Gasteiger partial charge in [-0.25, -0.2) is 9.78 Å². The Kier molecular flexibility index (Phi) is 8.64. The van der Waals surface area contributed by atoms with Crippen LogP contribution in [0.1, 0.15) is 5.56 Å². The summed E-state index contributed by atoms with van der Waals surface area (Å²) in [5, 5.41) is 24.0. The summed E-state index contributed by atoms with van der Waals surface area (Å²) in [6, 6.07) is 11.6. The molecule has 0 aliphatic heterocycles. The van der Waals surface area contributed by atoms with E-state index in [0.29, 0.717) is 5.56 Å². The van der Waals surface area contributed by atoms with E-state index in [4.69, 9.17) is 0 Å². The Bertz CT molecular complexity index is 1090. The van der Waals surface area contributed by atoms with Crippen LogP contribution in [0.2, 0.25) is 0 Å². The second kappa shape index (κ2) is 11.6. The van der Waals surface area contributed by atoms with E-state index in [1.165, 1.54) is 35.2 Å². The number of phenolic OH excluding ortho intramolecular Hbond substituents is 1. The van der Waals surface area contributed by atoms with Gasteiger partial charge < -0.3 is 25.6 Å². The first-order valence-corrected chi connectivity index (χ1v) is 11.7. The van der Waals surface area contributed by atoms with Crippen LogP contribution in [0.4, 0.5) is 0 Å². The number of rotatable bonds is 10. The number of nitrogens with one attached hydrogen (secondary N) is 2. The van der Waals surface area contributed by atoms with Gasteiger partial charge in [-0.2, -0.15) is 0 Å². The molecule has 0 saturated heterocycles. The van der Waals surface area contributed by atoms with Crippen LogP contribution in [-0.4, -0.2) is 64.5 Å². The average molecular weight is 490 g/mol. The quantitative estimate of drug-likeness (QED) is 0.248. The summed E-state index contributed by atoms with van der Waals surface area (Å²) in [4.78, 5) is 41.6. The second-order valence-corrected chi connectivity index (χ2v) is 9.25. The maximum absolute atomic E-state index is 12.8. The van der Waals surface area contributed by atoms with E-state index in [1.807, 2.05) is 24.3 Å². The molecular weight excluding hydrogens is 466 g/mol. The summed E-state index contributed by atoms with van der Waals surface area (Å²) < 4.78 is 6.32. The summed E-state index contributed by atoms with van der Waals surface area (Å²) in [5.74, 6) is -1.73. The number of amides is 2. The van der Waals surface area contributed by atoms with Crippen LogP contribution in [-0.2, 0) is 25.5 Å². The minimum atomic E-state index is -1.25. The molecule has 0 radical (unpaired) electrons. The number of fused-ring (bicyclic) bond motifs is 1. The molecule has 0 aliphatic carbocycles. The molecule has 0 bridgehead atoms. The molecular formula is C22H23N3O6S2. The molecule has 2 unspecified atom stereocenters. The van der Waals surface area contributed by atoms with Crippen LogP contribution >= 0.6 is 23.1 Å². The number of hydrogen-bond acceptors (Lipinski definition) is 9. The van der Waals surface area contributed by atoms with E-state index >= 15 is 0 Å². The number of thiazole rings is 1. The molecule has 4 N–H and O–H groups in total. The van der Waals surface area contributed by atoms with Crippen molar-refractivity contribution < 1.29 is 29.3 Å². The Morgan fingerprint density at radius 3 is 2.48 bits per heavy atom. The fourth-order valence-corrected chi connectivity index (χ4v) is 4.83. The van der Waals surface area contributed by atoms with Crippen molar-refractivity contribution in [2.45, 2.75) is 22.8 Å². The highest BCUT2D eigenvalue weighted by Gasteiger charge is 2.27. The maximum atomic E-state index is 12.8. The number of methoxy groups -OCH3 is 1. The first-order chi connectivity index (χ1) is 15.9. The van der Waals surface area contributed by atoms with Gasteiger partial charge in [0, 0.05) is 6.42 Å². The molecule has 174 valence electrons. The van der Waals surface area contributed by atoms with Crippen molar-refractivity contribution in [2.75, 3.05) is 19.5 Å². The number of phenols is 1. The largest absolute Gasteiger partial charge is 0.508 e. The van der Waals surface area contributed by atoms with Crippen molar-refractivity contribution in [3.05, 3.63) is 54.1 Å². The molecule has 1 aromatic heterocycles. The first kappa shape index (κ1) is 24.5. The van der Waals surface area contributed by atoms with Crippen molar-refractivity contribution in [3.8, 4) is 5.75 Å². The molecule has 1 heterocycles. The van der Waals surface area contributed by atoms with E-state index in [9.17, 15) is 24.6 Å². The maximum Gasteiger partial charge on any atom is 0.330 e. The van der Waals surface area contributed by atoms with Gasteiger partial charge in [0.05, 0.1) is 29.7 Å². The van der Waals surface area contributed by atoms with E-state index in [0.717, 1.165) is 21.7 Å². The van der Waals surface area contributed by atoms with Crippen LogP contribution in [0.15, 0.2) is 52.9 Å². The number of para-hydroxylation sites is 1. The Balaban J connectivity index is 1.67. The molecule has 0 saturated carbocycles. The molecule has 2 atom stereocenters. The number of esters is 1. The van der Waals surface area contributed by atoms with Gasteiger partial charge in [-0.1, -0.05) is 36.0 Å². The molecule has 2 aromatic carbocycles. The van der Waals surface area contributed by atoms with Gasteiger partial charge in [-0.3, -0.25) is 9.59 Å². The Labute approximate surface area is 198 Å². The van der Waals surface area contributed by atoms with Crippen LogP contribution < -0.4 is 10.6 Å². The van der Waals surface area contributed by atoms with Gasteiger partial charge >= 0.3 is 5.97 Å². The highest BCUT2D eigenvalue weighted by Crippen LogP contribution is 2.29. The summed E-state index contributed by atoms with van der Waals surface area (Å²) in [6.07, 6.45) is 0.114. The molecule has 0 aliphatic rings. The average Bonchev–Trinajstić information content (AvgIpc) is 3.24. The number of ether oxygens (including phenoxy) is 1. The minimum Gasteiger partial charge on any atom is -0.508 e. The number of aliphatic hydroxyl groups excluding tert-OH is 1. The van der Waals surface area contributed by atoms with E-state index in [2.05, 4.69) is 20.4 Å². The van der Waals surface area contributed by atoms with Crippen molar-refractivity contribution in [3.63, 3.8) is 0 Å². The van der Waals surface area contributed by atoms with Gasteiger partial charge in [0.25, 0.3) is 0 Å². The second-order valence-electron chi connectivity index (χ2n) is 6.99. The lowest BCUT2D eigenvalue weighted by Gasteiger charge is -2.21. The van der Waals surface area contributed by atoms with Crippen molar-refractivity contribution in [2.24, 2.45) is 0 Å². The fourth-order valence-electron chi connectivity index (χ4n) is 2.95. The number of thioether (sulfide) groups is 1. The predicted octanol–water partition coefficient (Wildman–Crippen LogP) is 1.47. The number of carbonyl (C=O) groups excluding carboxylic acids is 3. The SMILES string of the molecule is COC(=O)C(CO)NC(=O)C(Cc1ccc(O)cc1)NC(=O)CSc1nc2ccccc2s1. The minimum absolute atomic E-state index is 0.0413. The summed E-state index contributed by atoms with van der Waals surface area (Å²) in [5.41, 5.74) is 1.54. The molecule has 0 spiro atoms. The topological polar surface area (TPSA) is 138 Å². The standard InChI is InChI=1S/C22H23N3O6S2/c1-31-21(30)17(11-26)24-20(29)16(10-13-6-8-14(27)9-7-13)23-19(28)12-32-22-25-15-4-2-3-5-18(15)33-22/h2-9,16-17,26-27H,10-12H2,1H3,(H,23,28)(H,24,29). The summed E-state index contributed by atoms with van der Waals surface area (Å²) >= 11 is 2.73.